The van der Waals surface area contributed by atoms with Gasteiger partial charge in [0, 0.05) is 22.3 Å². The number of aromatic nitrogens is 2. The monoisotopic (exact) mass is 391 g/mol. The molecule has 0 radical (unpaired) electrons. The van der Waals surface area contributed by atoms with Gasteiger partial charge in [-0.05, 0) is 36.2 Å². The quantitative estimate of drug-likeness (QED) is 0.650. The third-order valence-corrected chi connectivity index (χ3v) is 4.59. The molecule has 0 spiro atoms. The van der Waals surface area contributed by atoms with Crippen molar-refractivity contribution < 1.29 is 9.18 Å². The number of nitrogens with zero attached hydrogens (tertiary/aromatic N) is 2. The molecule has 4 nitrogen and oxygen atoms in total. The van der Waals surface area contributed by atoms with Crippen LogP contribution in [0.5, 0.6) is 0 Å². The van der Waals surface area contributed by atoms with Crippen molar-refractivity contribution in [2.45, 2.75) is 19.9 Å². The van der Waals surface area contributed by atoms with Gasteiger partial charge in [-0.25, -0.2) is 4.39 Å². The van der Waals surface area contributed by atoms with Crippen LogP contribution in [0.3, 0.4) is 0 Å². The number of rotatable bonds is 5. The number of anilines is 1. The maximum atomic E-state index is 13.9. The zero-order valence-electron chi connectivity index (χ0n) is 14.0. The van der Waals surface area contributed by atoms with E-state index in [9.17, 15) is 9.18 Å². The van der Waals surface area contributed by atoms with E-state index in [4.69, 9.17) is 23.2 Å². The molecule has 1 N–H and O–H groups in total. The van der Waals surface area contributed by atoms with E-state index in [1.54, 1.807) is 18.2 Å². The fraction of sp³-hybridized carbons (Fsp3) is 0.158. The predicted octanol–water partition coefficient (Wildman–Crippen LogP) is 5.19. The van der Waals surface area contributed by atoms with Gasteiger partial charge in [0.1, 0.15) is 10.8 Å². The summed E-state index contributed by atoms with van der Waals surface area (Å²) in [5, 5.41) is 7.45. The molecule has 0 aliphatic carbocycles. The van der Waals surface area contributed by atoms with Gasteiger partial charge in [0.25, 0.3) is 5.91 Å². The first-order chi connectivity index (χ1) is 12.5. The highest BCUT2D eigenvalue weighted by Crippen LogP contribution is 2.24. The number of carbonyl (C=O) groups excluding carboxylic acids is 1. The molecular weight excluding hydrogens is 376 g/mol. The van der Waals surface area contributed by atoms with Crippen LogP contribution in [0.4, 0.5) is 10.2 Å². The molecule has 1 heterocycles. The van der Waals surface area contributed by atoms with Gasteiger partial charge in [-0.1, -0.05) is 48.3 Å². The lowest BCUT2D eigenvalue weighted by molar-refractivity contribution is 0.102. The van der Waals surface area contributed by atoms with E-state index in [-0.39, 0.29) is 23.3 Å². The molecular formula is C19H16Cl2FN3O. The maximum Gasteiger partial charge on any atom is 0.256 e. The minimum atomic E-state index is -0.425. The molecule has 3 rings (SSSR count). The largest absolute Gasteiger partial charge is 0.304 e. The molecule has 7 heteroatoms. The van der Waals surface area contributed by atoms with Crippen LogP contribution in [-0.4, -0.2) is 15.7 Å². The number of hydrogen-bond donors (Lipinski definition) is 1. The lowest BCUT2D eigenvalue weighted by Crippen LogP contribution is -2.13. The Kier molecular flexibility index (Phi) is 5.59. The topological polar surface area (TPSA) is 46.9 Å². The van der Waals surface area contributed by atoms with Gasteiger partial charge in [0.15, 0.2) is 5.82 Å². The average Bonchev–Trinajstić information content (AvgIpc) is 2.97. The van der Waals surface area contributed by atoms with E-state index in [1.807, 2.05) is 19.1 Å². The first-order valence-electron chi connectivity index (χ1n) is 8.04. The number of benzene rings is 2. The fourth-order valence-electron chi connectivity index (χ4n) is 2.48. The second-order valence-corrected chi connectivity index (χ2v) is 6.54. The number of hydrogen-bond acceptors (Lipinski definition) is 2. The molecule has 134 valence electrons. The molecule has 0 unspecified atom stereocenters. The summed E-state index contributed by atoms with van der Waals surface area (Å²) >= 11 is 12.2. The van der Waals surface area contributed by atoms with Gasteiger partial charge in [-0.2, -0.15) is 5.10 Å². The lowest BCUT2D eigenvalue weighted by atomic mass is 10.1. The van der Waals surface area contributed by atoms with Gasteiger partial charge in [-0.3, -0.25) is 9.48 Å². The summed E-state index contributed by atoms with van der Waals surface area (Å²) in [4.78, 5) is 12.3. The summed E-state index contributed by atoms with van der Waals surface area (Å²) in [7, 11) is 0. The van der Waals surface area contributed by atoms with E-state index in [1.165, 1.54) is 23.0 Å². The van der Waals surface area contributed by atoms with Gasteiger partial charge in [0.2, 0.25) is 0 Å². The normalized spacial score (nSPS) is 10.8. The summed E-state index contributed by atoms with van der Waals surface area (Å²) in [6, 6.07) is 11.8. The van der Waals surface area contributed by atoms with E-state index in [0.29, 0.717) is 16.1 Å². The second-order valence-electron chi connectivity index (χ2n) is 5.73. The third-order valence-electron chi connectivity index (χ3n) is 3.96. The molecule has 0 aliphatic heterocycles. The van der Waals surface area contributed by atoms with Crippen LogP contribution >= 0.6 is 23.2 Å². The standard InChI is InChI=1S/C19H16Cl2FN3O/c1-2-12-6-8-13(9-7-12)19(26)23-18-16(21)11-25(24-18)10-14-15(20)4-3-5-17(14)22/h3-9,11H,2,10H2,1H3,(H,23,24,26). The highest BCUT2D eigenvalue weighted by atomic mass is 35.5. The maximum absolute atomic E-state index is 13.9. The molecule has 26 heavy (non-hydrogen) atoms. The molecule has 0 saturated heterocycles. The van der Waals surface area contributed by atoms with Crippen LogP contribution in [0.1, 0.15) is 28.4 Å². The molecule has 0 aliphatic rings. The van der Waals surface area contributed by atoms with E-state index >= 15 is 0 Å². The van der Waals surface area contributed by atoms with Gasteiger partial charge < -0.3 is 5.32 Å². The minimum Gasteiger partial charge on any atom is -0.304 e. The molecule has 0 fully saturated rings. The van der Waals surface area contributed by atoms with Crippen LogP contribution in [0.25, 0.3) is 0 Å². The molecule has 0 saturated carbocycles. The first-order valence-corrected chi connectivity index (χ1v) is 8.79. The summed E-state index contributed by atoms with van der Waals surface area (Å²) in [6.07, 6.45) is 2.41. The van der Waals surface area contributed by atoms with Crippen LogP contribution in [-0.2, 0) is 13.0 Å². The second kappa shape index (κ2) is 7.89. The molecule has 2 aromatic carbocycles. The molecule has 0 atom stereocenters. The Morgan fingerprint density at radius 3 is 2.54 bits per heavy atom. The van der Waals surface area contributed by atoms with Gasteiger partial charge >= 0.3 is 0 Å². The Hall–Kier alpha value is -2.37. The van der Waals surface area contributed by atoms with Crippen molar-refractivity contribution in [1.29, 1.82) is 0 Å². The number of aryl methyl sites for hydroxylation is 1. The Bertz CT molecular complexity index is 918. The summed E-state index contributed by atoms with van der Waals surface area (Å²) in [6.45, 7) is 2.15. The summed E-state index contributed by atoms with van der Waals surface area (Å²) < 4.78 is 15.3. The zero-order chi connectivity index (χ0) is 18.7. The zero-order valence-corrected chi connectivity index (χ0v) is 15.5. The Labute approximate surface area is 160 Å². The van der Waals surface area contributed by atoms with E-state index in [2.05, 4.69) is 10.4 Å². The fourth-order valence-corrected chi connectivity index (χ4v) is 2.90. The molecule has 1 aromatic heterocycles. The van der Waals surface area contributed by atoms with E-state index in [0.717, 1.165) is 12.0 Å². The van der Waals surface area contributed by atoms with Crippen molar-refractivity contribution in [1.82, 2.24) is 9.78 Å². The minimum absolute atomic E-state index is 0.103. The summed E-state index contributed by atoms with van der Waals surface area (Å²) in [5.74, 6) is -0.529. The molecule has 1 amide bonds. The van der Waals surface area contributed by atoms with Gasteiger partial charge in [-0.15, -0.1) is 0 Å². The van der Waals surface area contributed by atoms with Crippen LogP contribution in [0.2, 0.25) is 10.0 Å². The lowest BCUT2D eigenvalue weighted by Gasteiger charge is -2.06. The first kappa shape index (κ1) is 18.4. The van der Waals surface area contributed by atoms with Gasteiger partial charge in [0.05, 0.1) is 6.54 Å². The number of amides is 1. The Balaban J connectivity index is 1.76. The summed E-state index contributed by atoms with van der Waals surface area (Å²) in [5.41, 5.74) is 1.96. The highest BCUT2D eigenvalue weighted by molar-refractivity contribution is 6.33. The smallest absolute Gasteiger partial charge is 0.256 e. The van der Waals surface area contributed by atoms with Crippen molar-refractivity contribution >= 4 is 34.9 Å². The Morgan fingerprint density at radius 1 is 1.15 bits per heavy atom. The molecule has 3 aromatic rings. The third kappa shape index (κ3) is 4.06. The van der Waals surface area contributed by atoms with Crippen molar-refractivity contribution in [3.8, 4) is 0 Å². The van der Waals surface area contributed by atoms with Crippen molar-refractivity contribution in [3.63, 3.8) is 0 Å². The van der Waals surface area contributed by atoms with E-state index < -0.39 is 5.82 Å². The van der Waals surface area contributed by atoms with Crippen LogP contribution in [0, 0.1) is 5.82 Å². The van der Waals surface area contributed by atoms with Crippen molar-refractivity contribution in [2.75, 3.05) is 5.32 Å². The Morgan fingerprint density at radius 2 is 1.88 bits per heavy atom. The molecule has 0 bridgehead atoms. The number of halogens is 3. The highest BCUT2D eigenvalue weighted by Gasteiger charge is 2.14. The number of nitrogens with one attached hydrogen (secondary N) is 1. The van der Waals surface area contributed by atoms with Crippen molar-refractivity contribution in [3.05, 3.63) is 81.2 Å². The van der Waals surface area contributed by atoms with Crippen LogP contribution in [0.15, 0.2) is 48.7 Å². The predicted molar refractivity (Wildman–Crippen MR) is 102 cm³/mol. The average molecular weight is 392 g/mol. The van der Waals surface area contributed by atoms with Crippen LogP contribution < -0.4 is 5.32 Å². The van der Waals surface area contributed by atoms with Crippen molar-refractivity contribution in [2.24, 2.45) is 0 Å². The number of carbonyl (C=O) groups is 1. The SMILES string of the molecule is CCc1ccc(C(=O)Nc2nn(Cc3c(F)cccc3Cl)cc2Cl)cc1.